The van der Waals surface area contributed by atoms with Gasteiger partial charge < -0.3 is 4.90 Å². The Morgan fingerprint density at radius 3 is 2.74 bits per heavy atom. The standard InChI is InChI=1S/C17H22N2/c18-12-14-8-10-19(11-9-14)13-16-6-3-5-15-4-1-2-7-17(15)16/h1-2,4,7,14,16H,3,5-6,8-11,13H2. The molecule has 0 radical (unpaired) electrons. The Balaban J connectivity index is 1.64. The van der Waals surface area contributed by atoms with E-state index in [9.17, 15) is 0 Å². The van der Waals surface area contributed by atoms with E-state index in [-0.39, 0.29) is 0 Å². The molecule has 0 bridgehead atoms. The Morgan fingerprint density at radius 2 is 1.95 bits per heavy atom. The third-order valence-corrected chi connectivity index (χ3v) is 4.74. The second-order valence-electron chi connectivity index (χ2n) is 5.99. The molecule has 1 aliphatic carbocycles. The summed E-state index contributed by atoms with van der Waals surface area (Å²) in [6.45, 7) is 3.41. The summed E-state index contributed by atoms with van der Waals surface area (Å²) in [6, 6.07) is 11.4. The van der Waals surface area contributed by atoms with Crippen molar-refractivity contribution in [2.45, 2.75) is 38.0 Å². The SMILES string of the molecule is N#CC1CCN(CC2CCCc3ccccc32)CC1. The lowest BCUT2D eigenvalue weighted by molar-refractivity contribution is 0.189. The van der Waals surface area contributed by atoms with Crippen molar-refractivity contribution in [1.29, 1.82) is 5.26 Å². The van der Waals surface area contributed by atoms with Gasteiger partial charge in [-0.25, -0.2) is 0 Å². The molecule has 3 rings (SSSR count). The summed E-state index contributed by atoms with van der Waals surface area (Å²) in [6.07, 6.45) is 6.03. The first-order valence-electron chi connectivity index (χ1n) is 7.56. The molecule has 1 fully saturated rings. The lowest BCUT2D eigenvalue weighted by atomic mass is 9.82. The van der Waals surface area contributed by atoms with Crippen molar-refractivity contribution in [3.8, 4) is 6.07 Å². The van der Waals surface area contributed by atoms with Gasteiger partial charge in [0.1, 0.15) is 0 Å². The summed E-state index contributed by atoms with van der Waals surface area (Å²) in [5, 5.41) is 8.96. The second-order valence-corrected chi connectivity index (χ2v) is 5.99. The van der Waals surface area contributed by atoms with E-state index >= 15 is 0 Å². The van der Waals surface area contributed by atoms with Crippen LogP contribution in [0.1, 0.15) is 42.7 Å². The normalized spacial score (nSPS) is 24.7. The van der Waals surface area contributed by atoms with E-state index in [2.05, 4.69) is 35.2 Å². The molecule has 1 aromatic rings. The molecule has 100 valence electrons. The Kier molecular flexibility index (Phi) is 3.84. The van der Waals surface area contributed by atoms with Crippen LogP contribution in [0.15, 0.2) is 24.3 Å². The van der Waals surface area contributed by atoms with Gasteiger partial charge in [-0.3, -0.25) is 0 Å². The molecule has 0 N–H and O–H groups in total. The van der Waals surface area contributed by atoms with E-state index in [0.717, 1.165) is 25.9 Å². The average molecular weight is 254 g/mol. The average Bonchev–Trinajstić information content (AvgIpc) is 2.48. The number of benzene rings is 1. The van der Waals surface area contributed by atoms with Crippen LogP contribution in [0.5, 0.6) is 0 Å². The minimum absolute atomic E-state index is 0.301. The lowest BCUT2D eigenvalue weighted by Crippen LogP contribution is -2.37. The van der Waals surface area contributed by atoms with Crippen molar-refractivity contribution in [2.24, 2.45) is 5.92 Å². The van der Waals surface area contributed by atoms with Gasteiger partial charge in [0.25, 0.3) is 0 Å². The first kappa shape index (κ1) is 12.7. The highest BCUT2D eigenvalue weighted by molar-refractivity contribution is 5.32. The van der Waals surface area contributed by atoms with Gasteiger partial charge in [0.2, 0.25) is 0 Å². The maximum atomic E-state index is 8.96. The van der Waals surface area contributed by atoms with E-state index in [4.69, 9.17) is 5.26 Å². The molecule has 19 heavy (non-hydrogen) atoms. The maximum Gasteiger partial charge on any atom is 0.0656 e. The smallest absolute Gasteiger partial charge is 0.0656 e. The molecule has 0 aromatic heterocycles. The minimum Gasteiger partial charge on any atom is -0.303 e. The van der Waals surface area contributed by atoms with E-state index in [1.54, 1.807) is 11.1 Å². The molecular formula is C17H22N2. The van der Waals surface area contributed by atoms with Crippen molar-refractivity contribution in [3.05, 3.63) is 35.4 Å². The molecular weight excluding hydrogens is 232 g/mol. The van der Waals surface area contributed by atoms with Gasteiger partial charge in [0, 0.05) is 12.5 Å². The van der Waals surface area contributed by atoms with Crippen molar-refractivity contribution < 1.29 is 0 Å². The monoisotopic (exact) mass is 254 g/mol. The number of nitrogens with zero attached hydrogens (tertiary/aromatic N) is 2. The zero-order valence-corrected chi connectivity index (χ0v) is 11.5. The predicted octanol–water partition coefficient (Wildman–Crippen LogP) is 3.34. The van der Waals surface area contributed by atoms with Gasteiger partial charge in [0.05, 0.1) is 6.07 Å². The van der Waals surface area contributed by atoms with Crippen molar-refractivity contribution in [2.75, 3.05) is 19.6 Å². The summed E-state index contributed by atoms with van der Waals surface area (Å²) < 4.78 is 0. The van der Waals surface area contributed by atoms with Crippen LogP contribution in [0.25, 0.3) is 0 Å². The van der Waals surface area contributed by atoms with Crippen LogP contribution in [-0.4, -0.2) is 24.5 Å². The minimum atomic E-state index is 0.301. The zero-order valence-electron chi connectivity index (χ0n) is 11.5. The Hall–Kier alpha value is -1.33. The summed E-state index contributed by atoms with van der Waals surface area (Å²) in [5.41, 5.74) is 3.14. The van der Waals surface area contributed by atoms with Gasteiger partial charge in [-0.1, -0.05) is 24.3 Å². The number of hydrogen-bond donors (Lipinski definition) is 0. The molecule has 1 saturated heterocycles. The number of likely N-dealkylation sites (tertiary alicyclic amines) is 1. The van der Waals surface area contributed by atoms with Gasteiger partial charge in [-0.2, -0.15) is 5.26 Å². The fourth-order valence-electron chi connectivity index (χ4n) is 3.60. The zero-order chi connectivity index (χ0) is 13.1. The van der Waals surface area contributed by atoms with E-state index < -0.39 is 0 Å². The molecule has 1 unspecified atom stereocenters. The van der Waals surface area contributed by atoms with E-state index in [1.807, 2.05) is 0 Å². The Labute approximate surface area is 116 Å². The van der Waals surface area contributed by atoms with Crippen LogP contribution >= 0.6 is 0 Å². The lowest BCUT2D eigenvalue weighted by Gasteiger charge is -2.34. The Bertz CT molecular complexity index is 466. The molecule has 1 heterocycles. The largest absolute Gasteiger partial charge is 0.303 e. The van der Waals surface area contributed by atoms with Gasteiger partial charge >= 0.3 is 0 Å². The summed E-state index contributed by atoms with van der Waals surface area (Å²) >= 11 is 0. The van der Waals surface area contributed by atoms with Crippen LogP contribution in [0.4, 0.5) is 0 Å². The summed E-state index contributed by atoms with van der Waals surface area (Å²) in [5.74, 6) is 1.01. The van der Waals surface area contributed by atoms with Crippen LogP contribution in [0.3, 0.4) is 0 Å². The quantitative estimate of drug-likeness (QED) is 0.809. The van der Waals surface area contributed by atoms with Crippen LogP contribution in [0, 0.1) is 17.2 Å². The first-order chi connectivity index (χ1) is 9.36. The molecule has 2 aliphatic rings. The maximum absolute atomic E-state index is 8.96. The Morgan fingerprint density at radius 1 is 1.16 bits per heavy atom. The molecule has 2 nitrogen and oxygen atoms in total. The van der Waals surface area contributed by atoms with Crippen molar-refractivity contribution in [1.82, 2.24) is 4.90 Å². The number of nitriles is 1. The van der Waals surface area contributed by atoms with Gasteiger partial charge in [-0.05, 0) is 62.2 Å². The number of fused-ring (bicyclic) bond motifs is 1. The highest BCUT2D eigenvalue weighted by Gasteiger charge is 2.25. The molecule has 1 atom stereocenters. The summed E-state index contributed by atoms with van der Waals surface area (Å²) in [7, 11) is 0. The van der Waals surface area contributed by atoms with Crippen LogP contribution < -0.4 is 0 Å². The van der Waals surface area contributed by atoms with Crippen LogP contribution in [-0.2, 0) is 6.42 Å². The van der Waals surface area contributed by atoms with Gasteiger partial charge in [0.15, 0.2) is 0 Å². The number of hydrogen-bond acceptors (Lipinski definition) is 2. The molecule has 1 aromatic carbocycles. The van der Waals surface area contributed by atoms with Crippen LogP contribution in [0.2, 0.25) is 0 Å². The van der Waals surface area contributed by atoms with Gasteiger partial charge in [-0.15, -0.1) is 0 Å². The topological polar surface area (TPSA) is 27.0 Å². The second kappa shape index (κ2) is 5.75. The highest BCUT2D eigenvalue weighted by atomic mass is 15.1. The van der Waals surface area contributed by atoms with Crippen molar-refractivity contribution >= 4 is 0 Å². The number of piperidine rings is 1. The number of aryl methyl sites for hydroxylation is 1. The molecule has 1 aliphatic heterocycles. The third kappa shape index (κ3) is 2.82. The predicted molar refractivity (Wildman–Crippen MR) is 76.9 cm³/mol. The molecule has 0 saturated carbocycles. The molecule has 0 spiro atoms. The van der Waals surface area contributed by atoms with Crippen molar-refractivity contribution in [3.63, 3.8) is 0 Å². The molecule has 0 amide bonds. The number of rotatable bonds is 2. The highest BCUT2D eigenvalue weighted by Crippen LogP contribution is 2.32. The summed E-state index contributed by atoms with van der Waals surface area (Å²) in [4.78, 5) is 2.57. The third-order valence-electron chi connectivity index (χ3n) is 4.74. The fraction of sp³-hybridized carbons (Fsp3) is 0.588. The van der Waals surface area contributed by atoms with E-state index in [0.29, 0.717) is 11.8 Å². The van der Waals surface area contributed by atoms with E-state index in [1.165, 1.54) is 25.8 Å². The fourth-order valence-corrected chi connectivity index (χ4v) is 3.60. The first-order valence-corrected chi connectivity index (χ1v) is 7.56. The molecule has 2 heteroatoms.